The van der Waals surface area contributed by atoms with Crippen molar-refractivity contribution in [2.75, 3.05) is 13.2 Å². The number of ether oxygens (including phenoxy) is 2. The summed E-state index contributed by atoms with van der Waals surface area (Å²) < 4.78 is 13.1. The molecule has 1 N–H and O–H groups in total. The summed E-state index contributed by atoms with van der Waals surface area (Å²) in [5.74, 6) is 1.53. The van der Waals surface area contributed by atoms with E-state index in [0.29, 0.717) is 19.8 Å². The van der Waals surface area contributed by atoms with Gasteiger partial charge in [-0.3, -0.25) is 9.48 Å². The number of carbonyl (C=O) groups is 1. The summed E-state index contributed by atoms with van der Waals surface area (Å²) in [6.45, 7) is 7.88. The predicted octanol–water partition coefficient (Wildman–Crippen LogP) is 2.59. The number of nitrogens with zero attached hydrogens (tertiary/aromatic N) is 3. The fourth-order valence-corrected chi connectivity index (χ4v) is 2.99. The van der Waals surface area contributed by atoms with Gasteiger partial charge in [0.1, 0.15) is 12.7 Å². The number of rotatable bonds is 6. The van der Waals surface area contributed by atoms with Crippen molar-refractivity contribution in [3.8, 4) is 11.5 Å². The molecule has 2 unspecified atom stereocenters. The summed E-state index contributed by atoms with van der Waals surface area (Å²) in [7, 11) is 0. The van der Waals surface area contributed by atoms with Crippen LogP contribution in [0.25, 0.3) is 0 Å². The standard InChI is InChI=1S/C19H26N4O3/c1-13(2)18(22-19(24)14(3)10-23-12-20-11-21-23)15-5-6-16-17(9-15)26-8-4-7-25-16/h5-6,9,11-14,18H,4,7-8,10H2,1-3H3,(H,22,24). The number of benzene rings is 1. The van der Waals surface area contributed by atoms with E-state index in [0.717, 1.165) is 23.5 Å². The third kappa shape index (κ3) is 4.33. The first-order valence-electron chi connectivity index (χ1n) is 9.07. The lowest BCUT2D eigenvalue weighted by molar-refractivity contribution is -0.126. The first kappa shape index (κ1) is 18.2. The highest BCUT2D eigenvalue weighted by Crippen LogP contribution is 2.34. The van der Waals surface area contributed by atoms with E-state index in [9.17, 15) is 4.79 Å². The van der Waals surface area contributed by atoms with Crippen molar-refractivity contribution < 1.29 is 14.3 Å². The van der Waals surface area contributed by atoms with E-state index >= 15 is 0 Å². The summed E-state index contributed by atoms with van der Waals surface area (Å²) in [4.78, 5) is 16.6. The van der Waals surface area contributed by atoms with Gasteiger partial charge in [0.25, 0.3) is 0 Å². The molecule has 140 valence electrons. The second-order valence-corrected chi connectivity index (χ2v) is 7.01. The third-order valence-corrected chi connectivity index (χ3v) is 4.47. The molecule has 26 heavy (non-hydrogen) atoms. The molecule has 0 saturated carbocycles. The Hall–Kier alpha value is -2.57. The third-order valence-electron chi connectivity index (χ3n) is 4.47. The average Bonchev–Trinajstić information content (AvgIpc) is 3.01. The minimum Gasteiger partial charge on any atom is -0.490 e. The molecule has 0 radical (unpaired) electrons. The molecule has 2 heterocycles. The number of carbonyl (C=O) groups excluding carboxylic acids is 1. The molecule has 7 nitrogen and oxygen atoms in total. The Kier molecular flexibility index (Phi) is 5.75. The van der Waals surface area contributed by atoms with Crippen LogP contribution >= 0.6 is 0 Å². The second-order valence-electron chi connectivity index (χ2n) is 7.01. The Balaban J connectivity index is 1.72. The van der Waals surface area contributed by atoms with Crippen LogP contribution in [-0.2, 0) is 11.3 Å². The highest BCUT2D eigenvalue weighted by Gasteiger charge is 2.23. The molecule has 1 aliphatic heterocycles. The largest absolute Gasteiger partial charge is 0.490 e. The van der Waals surface area contributed by atoms with Gasteiger partial charge in [0.15, 0.2) is 11.5 Å². The highest BCUT2D eigenvalue weighted by molar-refractivity contribution is 5.78. The van der Waals surface area contributed by atoms with E-state index in [2.05, 4.69) is 29.2 Å². The van der Waals surface area contributed by atoms with Crippen LogP contribution in [0.2, 0.25) is 0 Å². The van der Waals surface area contributed by atoms with E-state index in [4.69, 9.17) is 9.47 Å². The molecule has 1 aromatic carbocycles. The Bertz CT molecular complexity index is 730. The molecular weight excluding hydrogens is 332 g/mol. The van der Waals surface area contributed by atoms with E-state index in [1.165, 1.54) is 6.33 Å². The minimum atomic E-state index is -0.210. The maximum atomic E-state index is 12.7. The number of fused-ring (bicyclic) bond motifs is 1. The molecule has 1 aromatic heterocycles. The molecule has 3 rings (SSSR count). The lowest BCUT2D eigenvalue weighted by Crippen LogP contribution is -2.36. The van der Waals surface area contributed by atoms with Crippen LogP contribution in [0.4, 0.5) is 0 Å². The van der Waals surface area contributed by atoms with Crippen LogP contribution in [-0.4, -0.2) is 33.9 Å². The van der Waals surface area contributed by atoms with Gasteiger partial charge in [0, 0.05) is 6.42 Å². The first-order valence-corrected chi connectivity index (χ1v) is 9.07. The molecule has 2 atom stereocenters. The monoisotopic (exact) mass is 358 g/mol. The molecule has 2 aromatic rings. The molecule has 0 aliphatic carbocycles. The lowest BCUT2D eigenvalue weighted by Gasteiger charge is -2.25. The van der Waals surface area contributed by atoms with Crippen molar-refractivity contribution in [3.63, 3.8) is 0 Å². The highest BCUT2D eigenvalue weighted by atomic mass is 16.5. The van der Waals surface area contributed by atoms with Gasteiger partial charge in [-0.1, -0.05) is 26.8 Å². The van der Waals surface area contributed by atoms with Crippen molar-refractivity contribution in [1.82, 2.24) is 20.1 Å². The zero-order valence-corrected chi connectivity index (χ0v) is 15.5. The normalized spacial score (nSPS) is 16.0. The Labute approximate surface area is 153 Å². The van der Waals surface area contributed by atoms with Crippen molar-refractivity contribution in [2.24, 2.45) is 11.8 Å². The fraction of sp³-hybridized carbons (Fsp3) is 0.526. The Morgan fingerprint density at radius 3 is 2.69 bits per heavy atom. The van der Waals surface area contributed by atoms with Gasteiger partial charge in [-0.25, -0.2) is 4.98 Å². The van der Waals surface area contributed by atoms with E-state index < -0.39 is 0 Å². The number of amides is 1. The molecule has 1 amide bonds. The SMILES string of the molecule is CC(Cn1cncn1)C(=O)NC(c1ccc2c(c1)OCCCO2)C(C)C. The molecule has 0 spiro atoms. The summed E-state index contributed by atoms with van der Waals surface area (Å²) in [5.41, 5.74) is 1.02. The number of aromatic nitrogens is 3. The summed E-state index contributed by atoms with van der Waals surface area (Å²) in [6.07, 6.45) is 3.96. The zero-order chi connectivity index (χ0) is 18.5. The van der Waals surface area contributed by atoms with Gasteiger partial charge < -0.3 is 14.8 Å². The topological polar surface area (TPSA) is 78.3 Å². The van der Waals surface area contributed by atoms with Gasteiger partial charge >= 0.3 is 0 Å². The van der Waals surface area contributed by atoms with Crippen molar-refractivity contribution >= 4 is 5.91 Å². The Morgan fingerprint density at radius 2 is 2.00 bits per heavy atom. The average molecular weight is 358 g/mol. The van der Waals surface area contributed by atoms with E-state index in [1.54, 1.807) is 11.0 Å². The number of nitrogens with one attached hydrogen (secondary N) is 1. The summed E-state index contributed by atoms with van der Waals surface area (Å²) >= 11 is 0. The second kappa shape index (κ2) is 8.21. The van der Waals surface area contributed by atoms with Crippen LogP contribution in [0.3, 0.4) is 0 Å². The molecule has 0 saturated heterocycles. The van der Waals surface area contributed by atoms with Crippen molar-refractivity contribution in [3.05, 3.63) is 36.4 Å². The first-order chi connectivity index (χ1) is 12.5. The molecule has 7 heteroatoms. The molecule has 0 fully saturated rings. The quantitative estimate of drug-likeness (QED) is 0.859. The lowest BCUT2D eigenvalue weighted by atomic mass is 9.95. The molecule has 1 aliphatic rings. The van der Waals surface area contributed by atoms with Crippen LogP contribution in [0.5, 0.6) is 11.5 Å². The zero-order valence-electron chi connectivity index (χ0n) is 15.5. The van der Waals surface area contributed by atoms with Gasteiger partial charge in [0.05, 0.1) is 31.7 Å². The maximum absolute atomic E-state index is 12.7. The molecular formula is C19H26N4O3. The number of hydrogen-bond donors (Lipinski definition) is 1. The smallest absolute Gasteiger partial charge is 0.225 e. The van der Waals surface area contributed by atoms with Crippen LogP contribution in [0.1, 0.15) is 38.8 Å². The summed E-state index contributed by atoms with van der Waals surface area (Å²) in [6, 6.07) is 5.81. The summed E-state index contributed by atoms with van der Waals surface area (Å²) in [5, 5.41) is 7.23. The minimum absolute atomic E-state index is 0.00805. The van der Waals surface area contributed by atoms with Gasteiger partial charge in [-0.2, -0.15) is 5.10 Å². The van der Waals surface area contributed by atoms with Crippen molar-refractivity contribution in [1.29, 1.82) is 0 Å². The number of hydrogen-bond acceptors (Lipinski definition) is 5. The fourth-order valence-electron chi connectivity index (χ4n) is 2.99. The van der Waals surface area contributed by atoms with Crippen LogP contribution in [0, 0.1) is 11.8 Å². The molecule has 0 bridgehead atoms. The van der Waals surface area contributed by atoms with Crippen LogP contribution < -0.4 is 14.8 Å². The predicted molar refractivity (Wildman–Crippen MR) is 97.0 cm³/mol. The maximum Gasteiger partial charge on any atom is 0.225 e. The van der Waals surface area contributed by atoms with Gasteiger partial charge in [-0.15, -0.1) is 0 Å². The van der Waals surface area contributed by atoms with Crippen molar-refractivity contribution in [2.45, 2.75) is 39.8 Å². The van der Waals surface area contributed by atoms with Gasteiger partial charge in [-0.05, 0) is 23.6 Å². The van der Waals surface area contributed by atoms with E-state index in [-0.39, 0.29) is 23.8 Å². The van der Waals surface area contributed by atoms with Gasteiger partial charge in [0.2, 0.25) is 5.91 Å². The van der Waals surface area contributed by atoms with E-state index in [1.807, 2.05) is 25.1 Å². The van der Waals surface area contributed by atoms with Crippen LogP contribution in [0.15, 0.2) is 30.9 Å². The Morgan fingerprint density at radius 1 is 1.23 bits per heavy atom.